The molecule has 5 heteroatoms. The Hall–Kier alpha value is -1.10. The average Bonchev–Trinajstić information content (AvgIpc) is 2.91. The van der Waals surface area contributed by atoms with Gasteiger partial charge in [0.15, 0.2) is 0 Å². The Labute approximate surface area is 139 Å². The minimum absolute atomic E-state index is 0.0893. The van der Waals surface area contributed by atoms with Crippen LogP contribution in [0.1, 0.15) is 44.9 Å². The molecule has 1 aliphatic carbocycles. The molecule has 5 nitrogen and oxygen atoms in total. The van der Waals surface area contributed by atoms with Crippen molar-refractivity contribution in [3.05, 3.63) is 0 Å². The number of likely N-dealkylation sites (N-methyl/N-ethyl adjacent to an activating group) is 1. The van der Waals surface area contributed by atoms with Gasteiger partial charge in [0.1, 0.15) is 0 Å². The first-order valence-corrected chi connectivity index (χ1v) is 9.42. The Balaban J connectivity index is 1.40. The number of nitrogens with zero attached hydrogens (tertiary/aromatic N) is 3. The second-order valence-corrected chi connectivity index (χ2v) is 8.07. The molecule has 0 unspecified atom stereocenters. The summed E-state index contributed by atoms with van der Waals surface area (Å²) in [5.74, 6) is 1.07. The maximum absolute atomic E-state index is 13.0. The number of carbonyl (C=O) groups is 2. The fourth-order valence-corrected chi connectivity index (χ4v) is 4.85. The molecule has 0 aromatic heterocycles. The van der Waals surface area contributed by atoms with Gasteiger partial charge in [-0.05, 0) is 58.0 Å². The van der Waals surface area contributed by atoms with E-state index in [0.717, 1.165) is 32.5 Å². The molecular weight excluding hydrogens is 290 g/mol. The van der Waals surface area contributed by atoms with E-state index < -0.39 is 0 Å². The van der Waals surface area contributed by atoms with Gasteiger partial charge in [0.2, 0.25) is 11.8 Å². The summed E-state index contributed by atoms with van der Waals surface area (Å²) in [6.45, 7) is 3.59. The fraction of sp³-hybridized carbons (Fsp3) is 0.889. The van der Waals surface area contributed by atoms with Crippen molar-refractivity contribution in [1.82, 2.24) is 14.7 Å². The van der Waals surface area contributed by atoms with Gasteiger partial charge in [-0.15, -0.1) is 0 Å². The Morgan fingerprint density at radius 3 is 2.52 bits per heavy atom. The molecular formula is C18H29N3O2. The largest absolute Gasteiger partial charge is 0.342 e. The van der Waals surface area contributed by atoms with Crippen molar-refractivity contribution >= 4 is 11.8 Å². The van der Waals surface area contributed by atoms with Gasteiger partial charge in [0, 0.05) is 38.1 Å². The van der Waals surface area contributed by atoms with Gasteiger partial charge >= 0.3 is 0 Å². The minimum atomic E-state index is -0.0893. The van der Waals surface area contributed by atoms with Crippen molar-refractivity contribution in [2.45, 2.75) is 57.0 Å². The van der Waals surface area contributed by atoms with E-state index in [4.69, 9.17) is 0 Å². The van der Waals surface area contributed by atoms with Crippen LogP contribution in [0.15, 0.2) is 0 Å². The summed E-state index contributed by atoms with van der Waals surface area (Å²) in [5.41, 5.74) is 0. The molecule has 2 amide bonds. The Kier molecular flexibility index (Phi) is 4.08. The van der Waals surface area contributed by atoms with Gasteiger partial charge in [0.25, 0.3) is 0 Å². The molecule has 0 spiro atoms. The zero-order valence-electron chi connectivity index (χ0n) is 14.2. The Morgan fingerprint density at radius 1 is 1.09 bits per heavy atom. The summed E-state index contributed by atoms with van der Waals surface area (Å²) in [7, 11) is 2.19. The van der Waals surface area contributed by atoms with E-state index in [1.807, 2.05) is 4.90 Å². The zero-order chi connectivity index (χ0) is 16.0. The van der Waals surface area contributed by atoms with E-state index in [0.29, 0.717) is 31.0 Å². The quantitative estimate of drug-likeness (QED) is 0.785. The van der Waals surface area contributed by atoms with Crippen molar-refractivity contribution in [2.24, 2.45) is 11.8 Å². The first kappa shape index (κ1) is 15.4. The molecule has 3 heterocycles. The molecule has 4 fully saturated rings. The molecule has 3 aliphatic heterocycles. The Bertz CT molecular complexity index is 491. The van der Waals surface area contributed by atoms with Crippen molar-refractivity contribution in [1.29, 1.82) is 0 Å². The maximum Gasteiger partial charge on any atom is 0.228 e. The molecule has 0 aromatic carbocycles. The normalized spacial score (nSPS) is 35.5. The molecule has 0 N–H and O–H groups in total. The van der Waals surface area contributed by atoms with Crippen LogP contribution in [0.3, 0.4) is 0 Å². The Morgan fingerprint density at radius 2 is 1.83 bits per heavy atom. The summed E-state index contributed by atoms with van der Waals surface area (Å²) in [6.07, 6.45) is 7.66. The van der Waals surface area contributed by atoms with E-state index in [-0.39, 0.29) is 17.7 Å². The third-order valence-corrected chi connectivity index (χ3v) is 6.34. The highest BCUT2D eigenvalue weighted by Gasteiger charge is 2.43. The van der Waals surface area contributed by atoms with Crippen LogP contribution >= 0.6 is 0 Å². The van der Waals surface area contributed by atoms with E-state index in [1.165, 1.54) is 25.7 Å². The second kappa shape index (κ2) is 6.08. The number of amides is 2. The third kappa shape index (κ3) is 3.00. The minimum Gasteiger partial charge on any atom is -0.342 e. The lowest BCUT2D eigenvalue weighted by molar-refractivity contribution is -0.137. The first-order chi connectivity index (χ1) is 11.1. The lowest BCUT2D eigenvalue weighted by Crippen LogP contribution is -2.49. The molecule has 3 saturated heterocycles. The second-order valence-electron chi connectivity index (χ2n) is 8.07. The standard InChI is InChI=1S/C18H29N3O2/c1-19-8-2-4-15(19)16-5-3-9-21(16)18(23)14-10-17(22)20(12-14)11-13-6-7-13/h13-16H,2-12H2,1H3/t14-,15-,16-/m1/s1. The fourth-order valence-electron chi connectivity index (χ4n) is 4.85. The average molecular weight is 319 g/mol. The summed E-state index contributed by atoms with van der Waals surface area (Å²) >= 11 is 0. The zero-order valence-corrected chi connectivity index (χ0v) is 14.2. The molecule has 4 rings (SSSR count). The molecule has 0 aromatic rings. The van der Waals surface area contributed by atoms with Crippen molar-refractivity contribution in [2.75, 3.05) is 33.2 Å². The number of likely N-dealkylation sites (tertiary alicyclic amines) is 3. The molecule has 0 bridgehead atoms. The summed E-state index contributed by atoms with van der Waals surface area (Å²) in [4.78, 5) is 31.8. The van der Waals surface area contributed by atoms with Crippen molar-refractivity contribution < 1.29 is 9.59 Å². The summed E-state index contributed by atoms with van der Waals surface area (Å²) in [5, 5.41) is 0. The van der Waals surface area contributed by atoms with Crippen LogP contribution in [0.2, 0.25) is 0 Å². The maximum atomic E-state index is 13.0. The van der Waals surface area contributed by atoms with Crippen LogP contribution in [0.25, 0.3) is 0 Å². The predicted molar refractivity (Wildman–Crippen MR) is 87.8 cm³/mol. The number of hydrogen-bond donors (Lipinski definition) is 0. The number of rotatable bonds is 4. The van der Waals surface area contributed by atoms with Crippen LogP contribution in [0.5, 0.6) is 0 Å². The van der Waals surface area contributed by atoms with Crippen LogP contribution in [0, 0.1) is 11.8 Å². The molecule has 23 heavy (non-hydrogen) atoms. The van der Waals surface area contributed by atoms with E-state index in [2.05, 4.69) is 16.8 Å². The predicted octanol–water partition coefficient (Wildman–Crippen LogP) is 1.33. The number of hydrogen-bond acceptors (Lipinski definition) is 3. The van der Waals surface area contributed by atoms with Gasteiger partial charge in [-0.1, -0.05) is 0 Å². The lowest BCUT2D eigenvalue weighted by atomic mass is 10.0. The third-order valence-electron chi connectivity index (χ3n) is 6.34. The molecule has 3 atom stereocenters. The van der Waals surface area contributed by atoms with Crippen molar-refractivity contribution in [3.63, 3.8) is 0 Å². The van der Waals surface area contributed by atoms with Crippen LogP contribution in [-0.2, 0) is 9.59 Å². The van der Waals surface area contributed by atoms with Crippen LogP contribution in [-0.4, -0.2) is 71.8 Å². The van der Waals surface area contributed by atoms with E-state index in [1.54, 1.807) is 0 Å². The highest BCUT2D eigenvalue weighted by atomic mass is 16.2. The number of carbonyl (C=O) groups excluding carboxylic acids is 2. The molecule has 128 valence electrons. The van der Waals surface area contributed by atoms with Gasteiger partial charge in [-0.3, -0.25) is 9.59 Å². The molecule has 1 saturated carbocycles. The first-order valence-electron chi connectivity index (χ1n) is 9.42. The summed E-state index contributed by atoms with van der Waals surface area (Å²) < 4.78 is 0. The van der Waals surface area contributed by atoms with Crippen LogP contribution in [0.4, 0.5) is 0 Å². The van der Waals surface area contributed by atoms with E-state index >= 15 is 0 Å². The SMILES string of the molecule is CN1CCC[C@@H]1[C@H]1CCCN1C(=O)[C@@H]1CC(=O)N(CC2CC2)C1. The van der Waals surface area contributed by atoms with Gasteiger partial charge in [0.05, 0.1) is 5.92 Å². The highest BCUT2D eigenvalue weighted by molar-refractivity contribution is 5.89. The smallest absolute Gasteiger partial charge is 0.228 e. The van der Waals surface area contributed by atoms with E-state index in [9.17, 15) is 9.59 Å². The molecule has 0 radical (unpaired) electrons. The van der Waals surface area contributed by atoms with Gasteiger partial charge < -0.3 is 14.7 Å². The highest BCUT2D eigenvalue weighted by Crippen LogP contribution is 2.34. The topological polar surface area (TPSA) is 43.9 Å². The molecule has 4 aliphatic rings. The van der Waals surface area contributed by atoms with Gasteiger partial charge in [-0.2, -0.15) is 0 Å². The van der Waals surface area contributed by atoms with Crippen LogP contribution < -0.4 is 0 Å². The monoisotopic (exact) mass is 319 g/mol. The van der Waals surface area contributed by atoms with Crippen molar-refractivity contribution in [3.8, 4) is 0 Å². The lowest BCUT2D eigenvalue weighted by Gasteiger charge is -2.34. The summed E-state index contributed by atoms with van der Waals surface area (Å²) in [6, 6.07) is 0.906. The van der Waals surface area contributed by atoms with Gasteiger partial charge in [-0.25, -0.2) is 0 Å².